The van der Waals surface area contributed by atoms with Crippen LogP contribution >= 0.6 is 0 Å². The number of H-pyrrole nitrogens is 1. The lowest BCUT2D eigenvalue weighted by molar-refractivity contribution is 0.402. The van der Waals surface area contributed by atoms with Crippen molar-refractivity contribution in [1.82, 2.24) is 19.9 Å². The van der Waals surface area contributed by atoms with Gasteiger partial charge in [-0.15, -0.1) is 0 Å². The van der Waals surface area contributed by atoms with Gasteiger partial charge in [-0.1, -0.05) is 24.3 Å². The van der Waals surface area contributed by atoms with Gasteiger partial charge in [-0.3, -0.25) is 4.98 Å². The maximum absolute atomic E-state index is 13.4. The van der Waals surface area contributed by atoms with Crippen molar-refractivity contribution in [3.8, 4) is 33.9 Å². The lowest BCUT2D eigenvalue weighted by atomic mass is 10.1. The third-order valence-corrected chi connectivity index (χ3v) is 4.52. The molecule has 0 fully saturated rings. The molecule has 4 rings (SSSR count). The number of benzene rings is 2. The second kappa shape index (κ2) is 7.74. The smallest absolute Gasteiger partial charge is 0.138 e. The highest BCUT2D eigenvalue weighted by Crippen LogP contribution is 2.33. The summed E-state index contributed by atoms with van der Waals surface area (Å²) in [6.07, 6.45) is 3.50. The first kappa shape index (κ1) is 18.1. The minimum absolute atomic E-state index is 0.263. The van der Waals surface area contributed by atoms with Crippen molar-refractivity contribution < 1.29 is 4.39 Å². The fourth-order valence-electron chi connectivity index (χ4n) is 3.19. The second-order valence-corrected chi connectivity index (χ2v) is 6.99. The van der Waals surface area contributed by atoms with E-state index in [1.165, 1.54) is 17.7 Å². The van der Waals surface area contributed by atoms with Crippen molar-refractivity contribution in [3.63, 3.8) is 0 Å². The number of nitrogens with one attached hydrogen (secondary N) is 1. The van der Waals surface area contributed by atoms with Gasteiger partial charge in [-0.2, -0.15) is 0 Å². The van der Waals surface area contributed by atoms with E-state index in [1.807, 2.05) is 12.1 Å². The first-order chi connectivity index (χ1) is 13.6. The average Bonchev–Trinajstić information content (AvgIpc) is 3.15. The summed E-state index contributed by atoms with van der Waals surface area (Å²) in [7, 11) is 4.10. The van der Waals surface area contributed by atoms with Crippen molar-refractivity contribution in [2.75, 3.05) is 14.1 Å². The monoisotopic (exact) mass is 372 g/mol. The highest BCUT2D eigenvalue weighted by atomic mass is 19.1. The Labute approximate surface area is 163 Å². The summed E-state index contributed by atoms with van der Waals surface area (Å²) in [6.45, 7) is 0.890. The van der Waals surface area contributed by atoms with Crippen LogP contribution in [-0.4, -0.2) is 33.9 Å². The Bertz CT molecular complexity index is 1050. The van der Waals surface area contributed by atoms with Gasteiger partial charge in [0.2, 0.25) is 0 Å². The zero-order chi connectivity index (χ0) is 19.5. The number of aromatic nitrogens is 3. The third kappa shape index (κ3) is 3.85. The number of pyridine rings is 1. The summed E-state index contributed by atoms with van der Waals surface area (Å²) in [5.41, 5.74) is 5.77. The molecule has 0 aliphatic heterocycles. The van der Waals surface area contributed by atoms with Crippen LogP contribution < -0.4 is 0 Å². The molecule has 0 radical (unpaired) electrons. The molecule has 0 saturated heterocycles. The molecule has 28 heavy (non-hydrogen) atoms. The predicted molar refractivity (Wildman–Crippen MR) is 110 cm³/mol. The van der Waals surface area contributed by atoms with Gasteiger partial charge in [-0.05, 0) is 56.1 Å². The van der Waals surface area contributed by atoms with Crippen LogP contribution in [0.25, 0.3) is 33.9 Å². The molecule has 0 atom stereocenters. The van der Waals surface area contributed by atoms with Crippen LogP contribution in [0.1, 0.15) is 5.56 Å². The largest absolute Gasteiger partial charge is 0.337 e. The van der Waals surface area contributed by atoms with Gasteiger partial charge >= 0.3 is 0 Å². The maximum atomic E-state index is 13.4. The lowest BCUT2D eigenvalue weighted by Gasteiger charge is -2.09. The minimum Gasteiger partial charge on any atom is -0.337 e. The van der Waals surface area contributed by atoms with Gasteiger partial charge in [0.1, 0.15) is 11.6 Å². The molecule has 0 bridgehead atoms. The summed E-state index contributed by atoms with van der Waals surface area (Å²) in [5.74, 6) is 0.518. The van der Waals surface area contributed by atoms with Gasteiger partial charge in [-0.25, -0.2) is 9.37 Å². The van der Waals surface area contributed by atoms with E-state index in [-0.39, 0.29) is 5.82 Å². The normalized spacial score (nSPS) is 11.1. The van der Waals surface area contributed by atoms with E-state index in [9.17, 15) is 4.39 Å². The molecule has 0 saturated carbocycles. The van der Waals surface area contributed by atoms with Crippen LogP contribution in [-0.2, 0) is 6.54 Å². The van der Waals surface area contributed by atoms with Crippen molar-refractivity contribution in [2.24, 2.45) is 0 Å². The SMILES string of the molecule is CN(C)Cc1ccc(-c2nc(-c3ccc(F)cc3)c(-c3ccncc3)[nH]2)cc1. The molecule has 0 aliphatic carbocycles. The Morgan fingerprint density at radius 2 is 1.46 bits per heavy atom. The fourth-order valence-corrected chi connectivity index (χ4v) is 3.19. The number of halogens is 1. The van der Waals surface area contributed by atoms with E-state index < -0.39 is 0 Å². The van der Waals surface area contributed by atoms with Crippen molar-refractivity contribution >= 4 is 0 Å². The van der Waals surface area contributed by atoms with Crippen LogP contribution in [0.15, 0.2) is 73.1 Å². The number of rotatable bonds is 5. The van der Waals surface area contributed by atoms with Gasteiger partial charge in [0.05, 0.1) is 11.4 Å². The molecule has 140 valence electrons. The van der Waals surface area contributed by atoms with Crippen molar-refractivity contribution in [1.29, 1.82) is 0 Å². The summed E-state index contributed by atoms with van der Waals surface area (Å²) >= 11 is 0. The standard InChI is InChI=1S/C23H21FN4/c1-28(2)15-16-3-5-19(6-4-16)23-26-21(17-7-9-20(24)10-8-17)22(27-23)18-11-13-25-14-12-18/h3-14H,15H2,1-2H3,(H,26,27). The quantitative estimate of drug-likeness (QED) is 0.536. The van der Waals surface area contributed by atoms with Gasteiger partial charge < -0.3 is 9.88 Å². The second-order valence-electron chi connectivity index (χ2n) is 6.99. The first-order valence-electron chi connectivity index (χ1n) is 9.10. The van der Waals surface area contributed by atoms with Crippen LogP contribution in [0, 0.1) is 5.82 Å². The van der Waals surface area contributed by atoms with E-state index in [2.05, 4.69) is 53.2 Å². The average molecular weight is 372 g/mol. The number of aromatic amines is 1. The van der Waals surface area contributed by atoms with Gasteiger partial charge in [0.25, 0.3) is 0 Å². The Morgan fingerprint density at radius 3 is 2.11 bits per heavy atom. The molecule has 1 N–H and O–H groups in total. The van der Waals surface area contributed by atoms with Crippen LogP contribution in [0.2, 0.25) is 0 Å². The zero-order valence-electron chi connectivity index (χ0n) is 15.9. The Morgan fingerprint density at radius 1 is 0.821 bits per heavy atom. The molecule has 2 aromatic carbocycles. The molecule has 4 nitrogen and oxygen atoms in total. The topological polar surface area (TPSA) is 44.8 Å². The Kier molecular flexibility index (Phi) is 5.00. The van der Waals surface area contributed by atoms with E-state index in [1.54, 1.807) is 24.5 Å². The number of nitrogens with zero attached hydrogens (tertiary/aromatic N) is 3. The molecule has 0 spiro atoms. The van der Waals surface area contributed by atoms with E-state index in [4.69, 9.17) is 4.98 Å². The molecular formula is C23H21FN4. The molecular weight excluding hydrogens is 351 g/mol. The maximum Gasteiger partial charge on any atom is 0.138 e. The molecule has 0 unspecified atom stereocenters. The highest BCUT2D eigenvalue weighted by molar-refractivity contribution is 5.81. The lowest BCUT2D eigenvalue weighted by Crippen LogP contribution is -2.10. The van der Waals surface area contributed by atoms with Crippen molar-refractivity contribution in [2.45, 2.75) is 6.54 Å². The van der Waals surface area contributed by atoms with E-state index in [0.717, 1.165) is 40.4 Å². The van der Waals surface area contributed by atoms with E-state index >= 15 is 0 Å². The third-order valence-electron chi connectivity index (χ3n) is 4.52. The first-order valence-corrected chi connectivity index (χ1v) is 9.10. The molecule has 0 amide bonds. The Hall–Kier alpha value is -3.31. The van der Waals surface area contributed by atoms with Gasteiger partial charge in [0.15, 0.2) is 0 Å². The fraction of sp³-hybridized carbons (Fsp3) is 0.130. The summed E-state index contributed by atoms with van der Waals surface area (Å²) in [5, 5.41) is 0. The molecule has 0 aliphatic rings. The number of hydrogen-bond acceptors (Lipinski definition) is 3. The summed E-state index contributed by atoms with van der Waals surface area (Å²) in [6, 6.07) is 18.6. The summed E-state index contributed by atoms with van der Waals surface area (Å²) < 4.78 is 13.4. The summed E-state index contributed by atoms with van der Waals surface area (Å²) in [4.78, 5) is 14.5. The van der Waals surface area contributed by atoms with Crippen LogP contribution in [0.3, 0.4) is 0 Å². The van der Waals surface area contributed by atoms with E-state index in [0.29, 0.717) is 0 Å². The highest BCUT2D eigenvalue weighted by Gasteiger charge is 2.15. The predicted octanol–water partition coefficient (Wildman–Crippen LogP) is 5.01. The zero-order valence-corrected chi connectivity index (χ0v) is 15.9. The Balaban J connectivity index is 1.78. The van der Waals surface area contributed by atoms with Crippen LogP contribution in [0.5, 0.6) is 0 Å². The van der Waals surface area contributed by atoms with Crippen LogP contribution in [0.4, 0.5) is 4.39 Å². The molecule has 4 aromatic rings. The molecule has 5 heteroatoms. The van der Waals surface area contributed by atoms with Crippen molar-refractivity contribution in [3.05, 3.63) is 84.4 Å². The number of hydrogen-bond donors (Lipinski definition) is 1. The number of imidazole rings is 1. The molecule has 2 heterocycles. The van der Waals surface area contributed by atoms with Gasteiger partial charge in [0, 0.05) is 35.6 Å². The minimum atomic E-state index is -0.263. The molecule has 2 aromatic heterocycles.